The summed E-state index contributed by atoms with van der Waals surface area (Å²) in [6.07, 6.45) is 1.61. The molecule has 0 saturated heterocycles. The summed E-state index contributed by atoms with van der Waals surface area (Å²) < 4.78 is 28.1. The summed E-state index contributed by atoms with van der Waals surface area (Å²) in [6, 6.07) is 27.8. The molecule has 3 rings (SSSR count). The van der Waals surface area contributed by atoms with Gasteiger partial charge >= 0.3 is 0 Å². The summed E-state index contributed by atoms with van der Waals surface area (Å²) in [6.45, 7) is 12.7. The molecule has 0 radical (unpaired) electrons. The molecule has 0 bridgehead atoms. The largest absolute Gasteiger partial charge is 0.244 e. The van der Waals surface area contributed by atoms with Crippen LogP contribution in [0.2, 0.25) is 5.04 Å². The average Bonchev–Trinajstić information content (AvgIpc) is 2.82. The highest BCUT2D eigenvalue weighted by Crippen LogP contribution is 2.35. The van der Waals surface area contributed by atoms with Gasteiger partial charge in [-0.3, -0.25) is 0 Å². The Hall–Kier alpha value is -2.91. The second-order valence-corrected chi connectivity index (χ2v) is 15.8. The lowest BCUT2D eigenvalue weighted by Gasteiger charge is -2.39. The molecule has 0 N–H and O–H groups in total. The molecule has 0 spiro atoms. The molecule has 34 heavy (non-hydrogen) atoms. The number of hydrogen-bond acceptors (Lipinski definition) is 2. The molecule has 3 aromatic rings. The van der Waals surface area contributed by atoms with Crippen molar-refractivity contribution in [2.75, 3.05) is 13.1 Å². The molecular weight excluding hydrogens is 454 g/mol. The lowest BCUT2D eigenvalue weighted by molar-refractivity contribution is 0.478. The smallest absolute Gasteiger partial charge is 0.207 e. The van der Waals surface area contributed by atoms with E-state index in [0.717, 1.165) is 5.56 Å². The van der Waals surface area contributed by atoms with Gasteiger partial charge in [0.2, 0.25) is 18.1 Å². The number of nitrogens with zero attached hydrogens (tertiary/aromatic N) is 1. The highest BCUT2D eigenvalue weighted by molar-refractivity contribution is 7.89. The molecule has 0 amide bonds. The van der Waals surface area contributed by atoms with E-state index >= 15 is 0 Å². The maximum absolute atomic E-state index is 13.3. The number of sulfonamides is 1. The average molecular weight is 488 g/mol. The molecule has 0 aromatic heterocycles. The normalized spacial score (nSPS) is 12.1. The van der Waals surface area contributed by atoms with Crippen LogP contribution in [0.25, 0.3) is 0 Å². The van der Waals surface area contributed by atoms with Crippen LogP contribution in [0.1, 0.15) is 26.3 Å². The van der Waals surface area contributed by atoms with Crippen LogP contribution in [0.15, 0.2) is 102 Å². The number of benzene rings is 3. The maximum atomic E-state index is 13.3. The number of aryl methyl sites for hydroxylation is 1. The monoisotopic (exact) mass is 487 g/mol. The fraction of sp³-hybridized carbons (Fsp3) is 0.241. The van der Waals surface area contributed by atoms with Gasteiger partial charge in [0.25, 0.3) is 0 Å². The van der Waals surface area contributed by atoms with Crippen LogP contribution in [0.3, 0.4) is 0 Å². The van der Waals surface area contributed by atoms with Crippen LogP contribution >= 0.6 is 0 Å². The fourth-order valence-corrected chi connectivity index (χ4v) is 10.0. The van der Waals surface area contributed by atoms with Crippen molar-refractivity contribution >= 4 is 28.5 Å². The SMILES string of the molecule is C=CCN(CC#C[Si](c1ccccc1)(c1ccccc1)C(C)(C)C)S(=O)(=O)c1ccc(C)cc1. The van der Waals surface area contributed by atoms with E-state index in [-0.39, 0.29) is 23.0 Å². The molecule has 0 aliphatic rings. The Kier molecular flexibility index (Phi) is 7.99. The molecule has 3 nitrogen and oxygen atoms in total. The third-order valence-corrected chi connectivity index (χ3v) is 13.1. The Morgan fingerprint density at radius 3 is 1.82 bits per heavy atom. The number of hydrogen-bond donors (Lipinski definition) is 0. The van der Waals surface area contributed by atoms with Gasteiger partial charge in [-0.2, -0.15) is 4.31 Å². The topological polar surface area (TPSA) is 37.4 Å². The third kappa shape index (κ3) is 5.25. The van der Waals surface area contributed by atoms with Gasteiger partial charge in [0.15, 0.2) is 0 Å². The third-order valence-electron chi connectivity index (χ3n) is 6.06. The second-order valence-electron chi connectivity index (χ2n) is 9.43. The van der Waals surface area contributed by atoms with E-state index in [9.17, 15) is 8.42 Å². The van der Waals surface area contributed by atoms with Gasteiger partial charge in [-0.15, -0.1) is 12.1 Å². The van der Waals surface area contributed by atoms with Crippen molar-refractivity contribution in [3.63, 3.8) is 0 Å². The molecule has 0 atom stereocenters. The maximum Gasteiger partial charge on any atom is 0.244 e. The van der Waals surface area contributed by atoms with Gasteiger partial charge in [0.1, 0.15) is 0 Å². The Morgan fingerprint density at radius 2 is 1.38 bits per heavy atom. The highest BCUT2D eigenvalue weighted by Gasteiger charge is 2.47. The van der Waals surface area contributed by atoms with Gasteiger partial charge in [0.05, 0.1) is 11.4 Å². The zero-order valence-corrected chi connectivity index (χ0v) is 22.3. The summed E-state index contributed by atoms with van der Waals surface area (Å²) in [7, 11) is -6.28. The van der Waals surface area contributed by atoms with Crippen LogP contribution in [-0.4, -0.2) is 33.9 Å². The highest BCUT2D eigenvalue weighted by atomic mass is 32.2. The first-order valence-electron chi connectivity index (χ1n) is 11.4. The van der Waals surface area contributed by atoms with E-state index < -0.39 is 18.1 Å². The Labute approximate surface area is 206 Å². The van der Waals surface area contributed by atoms with E-state index in [4.69, 9.17) is 0 Å². The lowest BCUT2D eigenvalue weighted by atomic mass is 10.2. The minimum Gasteiger partial charge on any atom is -0.207 e. The standard InChI is InChI=1S/C29H33NO2SSi/c1-6-22-30(33(31,32)26-20-18-25(2)19-21-26)23-13-24-34(29(3,4)5,27-14-9-7-10-15-27)28-16-11-8-12-17-28/h6-12,14-21H,1,22-23H2,2-5H3. The lowest BCUT2D eigenvalue weighted by Crippen LogP contribution is -2.63. The van der Waals surface area contributed by atoms with Crippen LogP contribution in [-0.2, 0) is 10.0 Å². The van der Waals surface area contributed by atoms with E-state index in [1.165, 1.54) is 14.7 Å². The summed E-state index contributed by atoms with van der Waals surface area (Å²) in [4.78, 5) is 0.271. The first kappa shape index (κ1) is 25.7. The van der Waals surface area contributed by atoms with Crippen molar-refractivity contribution in [2.45, 2.75) is 37.6 Å². The van der Waals surface area contributed by atoms with E-state index in [1.54, 1.807) is 18.2 Å². The Morgan fingerprint density at radius 1 is 0.882 bits per heavy atom. The Bertz CT molecular complexity index is 1230. The first-order chi connectivity index (χ1) is 16.1. The van der Waals surface area contributed by atoms with Crippen molar-refractivity contribution in [3.8, 4) is 11.5 Å². The molecule has 5 heteroatoms. The Balaban J connectivity index is 2.10. The van der Waals surface area contributed by atoms with Gasteiger partial charge in [-0.25, -0.2) is 8.42 Å². The zero-order chi connectivity index (χ0) is 24.8. The molecule has 0 fully saturated rings. The summed E-state index contributed by atoms with van der Waals surface area (Å²) >= 11 is 0. The molecule has 0 aliphatic heterocycles. The van der Waals surface area contributed by atoms with Crippen LogP contribution in [0, 0.1) is 18.4 Å². The molecule has 0 heterocycles. The minimum absolute atomic E-state index is 0.104. The van der Waals surface area contributed by atoms with Crippen molar-refractivity contribution in [2.24, 2.45) is 0 Å². The number of rotatable bonds is 7. The molecule has 0 aliphatic carbocycles. The van der Waals surface area contributed by atoms with Crippen molar-refractivity contribution in [1.29, 1.82) is 0 Å². The van der Waals surface area contributed by atoms with Gasteiger partial charge in [-0.05, 0) is 34.5 Å². The second kappa shape index (κ2) is 10.6. The quantitative estimate of drug-likeness (QED) is 0.273. The molecular formula is C29H33NO2SSi. The van der Waals surface area contributed by atoms with Crippen molar-refractivity contribution in [3.05, 3.63) is 103 Å². The fourth-order valence-electron chi connectivity index (χ4n) is 4.25. The predicted octanol–water partition coefficient (Wildman–Crippen LogP) is 4.78. The van der Waals surface area contributed by atoms with Crippen LogP contribution < -0.4 is 10.4 Å². The van der Waals surface area contributed by atoms with Crippen molar-refractivity contribution < 1.29 is 8.42 Å². The minimum atomic E-state index is -3.69. The molecule has 0 saturated carbocycles. The molecule has 0 unspecified atom stereocenters. The predicted molar refractivity (Wildman–Crippen MR) is 146 cm³/mol. The van der Waals surface area contributed by atoms with Crippen LogP contribution in [0.5, 0.6) is 0 Å². The van der Waals surface area contributed by atoms with Gasteiger partial charge in [0, 0.05) is 6.54 Å². The van der Waals surface area contributed by atoms with Gasteiger partial charge < -0.3 is 0 Å². The summed E-state index contributed by atoms with van der Waals surface area (Å²) in [5.74, 6) is 3.31. The van der Waals surface area contributed by atoms with Crippen molar-refractivity contribution in [1.82, 2.24) is 4.31 Å². The first-order valence-corrected chi connectivity index (χ1v) is 14.9. The van der Waals surface area contributed by atoms with E-state index in [0.29, 0.717) is 0 Å². The zero-order valence-electron chi connectivity index (χ0n) is 20.5. The van der Waals surface area contributed by atoms with Crippen LogP contribution in [0.4, 0.5) is 0 Å². The van der Waals surface area contributed by atoms with E-state index in [1.807, 2.05) is 31.2 Å². The van der Waals surface area contributed by atoms with Gasteiger partial charge in [-0.1, -0.05) is 111 Å². The molecule has 176 valence electrons. The summed E-state index contributed by atoms with van der Waals surface area (Å²) in [5, 5.41) is 2.32. The molecule has 3 aromatic carbocycles. The van der Waals surface area contributed by atoms with E-state index in [2.05, 4.69) is 87.3 Å². The summed E-state index contributed by atoms with van der Waals surface area (Å²) in [5.41, 5.74) is 4.69.